The number of hydrogen-bond donors (Lipinski definition) is 4. The van der Waals surface area contributed by atoms with E-state index >= 15 is 0 Å². The highest BCUT2D eigenvalue weighted by molar-refractivity contribution is 7.81. The second-order valence-corrected chi connectivity index (χ2v) is 4.60. The predicted octanol–water partition coefficient (Wildman–Crippen LogP) is 0.405. The molecule has 7 nitrogen and oxygen atoms in total. The number of aromatic nitrogens is 4. The number of fused-ring (bicyclic) bond motifs is 1. The molecule has 0 fully saturated rings. The number of thiol groups is 1. The summed E-state index contributed by atoms with van der Waals surface area (Å²) in [4.78, 5) is 20.6. The van der Waals surface area contributed by atoms with Crippen LogP contribution < -0.4 is 10.2 Å². The molecule has 3 N–H and O–H groups in total. The van der Waals surface area contributed by atoms with Crippen LogP contribution in [0.5, 0.6) is 0 Å². The number of nitrogens with zero attached hydrogens (tertiary/aromatic N) is 3. The monoisotopic (exact) mass is 264 g/mol. The van der Waals surface area contributed by atoms with Gasteiger partial charge in [-0.05, 0) is 12.5 Å². The summed E-state index contributed by atoms with van der Waals surface area (Å²) in [6.07, 6.45) is 3.26. The van der Waals surface area contributed by atoms with Gasteiger partial charge >= 0.3 is 0 Å². The minimum Gasteiger partial charge on any atom is -0.339 e. The molecule has 18 heavy (non-hydrogen) atoms. The van der Waals surface area contributed by atoms with E-state index in [9.17, 15) is 4.79 Å². The summed E-state index contributed by atoms with van der Waals surface area (Å²) in [6, 6.07) is 0. The lowest BCUT2D eigenvalue weighted by atomic mass is 10.2. The molecule has 2 aromatic heterocycles. The molecular weight excluding hydrogens is 252 g/mol. The van der Waals surface area contributed by atoms with Crippen LogP contribution in [-0.2, 0) is 6.54 Å². The number of carbonyl (C=O) groups is 1. The second-order valence-electron chi connectivity index (χ2n) is 4.11. The molecule has 3 rings (SSSR count). The van der Waals surface area contributed by atoms with Crippen LogP contribution in [0.4, 0.5) is 5.82 Å². The Bertz CT molecular complexity index is 591. The van der Waals surface area contributed by atoms with Gasteiger partial charge < -0.3 is 15.2 Å². The Labute approximate surface area is 108 Å². The van der Waals surface area contributed by atoms with E-state index in [2.05, 4.69) is 38.1 Å². The molecule has 0 aromatic carbocycles. The molecule has 3 heterocycles. The third-order valence-electron chi connectivity index (χ3n) is 2.94. The molecular formula is C10H12N6OS. The van der Waals surface area contributed by atoms with Crippen LogP contribution in [0.3, 0.4) is 0 Å². The van der Waals surface area contributed by atoms with Gasteiger partial charge in [-0.15, -0.1) is 12.6 Å². The summed E-state index contributed by atoms with van der Waals surface area (Å²) in [5.41, 5.74) is 2.08. The zero-order valence-electron chi connectivity index (χ0n) is 9.64. The van der Waals surface area contributed by atoms with Gasteiger partial charge in [0.1, 0.15) is 11.2 Å². The van der Waals surface area contributed by atoms with Gasteiger partial charge in [0.15, 0.2) is 5.82 Å². The van der Waals surface area contributed by atoms with E-state index in [1.807, 2.05) is 11.8 Å². The summed E-state index contributed by atoms with van der Waals surface area (Å²) in [6.45, 7) is 2.53. The molecule has 1 amide bonds. The summed E-state index contributed by atoms with van der Waals surface area (Å²) in [5.74, 6) is 0.410. The van der Waals surface area contributed by atoms with Gasteiger partial charge in [-0.3, -0.25) is 9.89 Å². The number of carbonyl (C=O) groups excluding carboxylic acids is 1. The molecule has 0 bridgehead atoms. The minimum absolute atomic E-state index is 0.194. The summed E-state index contributed by atoms with van der Waals surface area (Å²) in [7, 11) is 0. The summed E-state index contributed by atoms with van der Waals surface area (Å²) >= 11 is 4.37. The fourth-order valence-electron chi connectivity index (χ4n) is 1.92. The quantitative estimate of drug-likeness (QED) is 0.591. The Kier molecular flexibility index (Phi) is 2.51. The van der Waals surface area contributed by atoms with Gasteiger partial charge in [0.05, 0.1) is 24.8 Å². The average Bonchev–Trinajstić information content (AvgIpc) is 2.93. The Morgan fingerprint density at radius 3 is 3.11 bits per heavy atom. The summed E-state index contributed by atoms with van der Waals surface area (Å²) in [5, 5.41) is 9.66. The largest absolute Gasteiger partial charge is 0.339 e. The first kappa shape index (κ1) is 11.1. The lowest BCUT2D eigenvalue weighted by molar-refractivity contribution is 0.0937. The van der Waals surface area contributed by atoms with E-state index in [1.54, 1.807) is 6.20 Å². The SMILES string of the molecule is Cc1cn[nH]c1CN1c2nc[nH]c2C(=O)NC1S. The third kappa shape index (κ3) is 1.65. The maximum atomic E-state index is 11.7. The van der Waals surface area contributed by atoms with E-state index in [0.717, 1.165) is 11.3 Å². The molecule has 0 saturated carbocycles. The summed E-state index contributed by atoms with van der Waals surface area (Å²) < 4.78 is 0. The molecule has 1 unspecified atom stereocenters. The lowest BCUT2D eigenvalue weighted by Crippen LogP contribution is -2.49. The van der Waals surface area contributed by atoms with Crippen LogP contribution >= 0.6 is 12.6 Å². The van der Waals surface area contributed by atoms with Gasteiger partial charge in [-0.1, -0.05) is 0 Å². The Balaban J connectivity index is 1.95. The Morgan fingerprint density at radius 2 is 2.39 bits per heavy atom. The van der Waals surface area contributed by atoms with Crippen molar-refractivity contribution in [2.24, 2.45) is 0 Å². The van der Waals surface area contributed by atoms with Gasteiger partial charge in [0.2, 0.25) is 0 Å². The smallest absolute Gasteiger partial charge is 0.273 e. The van der Waals surface area contributed by atoms with Gasteiger partial charge in [0.25, 0.3) is 5.91 Å². The molecule has 0 saturated heterocycles. The van der Waals surface area contributed by atoms with E-state index in [4.69, 9.17) is 0 Å². The molecule has 0 aliphatic carbocycles. The van der Waals surface area contributed by atoms with Gasteiger partial charge in [-0.25, -0.2) is 4.98 Å². The first-order valence-corrected chi connectivity index (χ1v) is 5.96. The highest BCUT2D eigenvalue weighted by atomic mass is 32.1. The normalized spacial score (nSPS) is 18.7. The Hall–Kier alpha value is -1.96. The van der Waals surface area contributed by atoms with Crippen molar-refractivity contribution < 1.29 is 4.79 Å². The molecule has 1 atom stereocenters. The molecule has 1 aliphatic heterocycles. The fraction of sp³-hybridized carbons (Fsp3) is 0.300. The van der Waals surface area contributed by atoms with E-state index < -0.39 is 5.50 Å². The van der Waals surface area contributed by atoms with Gasteiger partial charge in [0, 0.05) is 0 Å². The number of imidazole rings is 1. The first-order chi connectivity index (χ1) is 8.66. The van der Waals surface area contributed by atoms with Crippen LogP contribution in [0.25, 0.3) is 0 Å². The number of hydrogen-bond acceptors (Lipinski definition) is 5. The number of H-pyrrole nitrogens is 2. The molecule has 0 radical (unpaired) electrons. The maximum absolute atomic E-state index is 11.7. The lowest BCUT2D eigenvalue weighted by Gasteiger charge is -2.33. The predicted molar refractivity (Wildman–Crippen MR) is 68.3 cm³/mol. The van der Waals surface area contributed by atoms with Crippen LogP contribution in [-0.4, -0.2) is 31.6 Å². The highest BCUT2D eigenvalue weighted by Crippen LogP contribution is 2.25. The topological polar surface area (TPSA) is 89.7 Å². The third-order valence-corrected chi connectivity index (χ3v) is 3.34. The molecule has 1 aliphatic rings. The van der Waals surface area contributed by atoms with Crippen LogP contribution in [0.15, 0.2) is 12.5 Å². The maximum Gasteiger partial charge on any atom is 0.273 e. The fourth-order valence-corrected chi connectivity index (χ4v) is 2.23. The van der Waals surface area contributed by atoms with E-state index in [1.165, 1.54) is 6.33 Å². The molecule has 2 aromatic rings. The van der Waals surface area contributed by atoms with Crippen molar-refractivity contribution in [3.8, 4) is 0 Å². The van der Waals surface area contributed by atoms with Crippen molar-refractivity contribution in [1.29, 1.82) is 0 Å². The van der Waals surface area contributed by atoms with Crippen molar-refractivity contribution in [2.45, 2.75) is 19.0 Å². The number of anilines is 1. The number of nitrogens with one attached hydrogen (secondary N) is 3. The van der Waals surface area contributed by atoms with Crippen molar-refractivity contribution in [2.75, 3.05) is 4.90 Å². The zero-order chi connectivity index (χ0) is 12.7. The van der Waals surface area contributed by atoms with Crippen LogP contribution in [0, 0.1) is 6.92 Å². The minimum atomic E-state index is -0.406. The average molecular weight is 264 g/mol. The standard InChI is InChI=1S/C10H12N6OS/c1-5-2-13-15-6(5)3-16-8-7(11-4-12-8)9(17)14-10(16)18/h2,4,10,18H,3H2,1H3,(H,11,12)(H,13,15)(H,14,17). The van der Waals surface area contributed by atoms with E-state index in [-0.39, 0.29) is 5.91 Å². The molecule has 0 spiro atoms. The van der Waals surface area contributed by atoms with E-state index in [0.29, 0.717) is 18.1 Å². The second kappa shape index (κ2) is 4.05. The zero-order valence-corrected chi connectivity index (χ0v) is 10.5. The number of amides is 1. The van der Waals surface area contributed by atoms with Crippen molar-refractivity contribution in [3.05, 3.63) is 29.5 Å². The first-order valence-electron chi connectivity index (χ1n) is 5.44. The molecule has 94 valence electrons. The van der Waals surface area contributed by atoms with Crippen molar-refractivity contribution in [1.82, 2.24) is 25.5 Å². The van der Waals surface area contributed by atoms with Gasteiger partial charge in [-0.2, -0.15) is 5.10 Å². The van der Waals surface area contributed by atoms with Crippen LogP contribution in [0.2, 0.25) is 0 Å². The highest BCUT2D eigenvalue weighted by Gasteiger charge is 2.31. The number of aromatic amines is 2. The van der Waals surface area contributed by atoms with Crippen molar-refractivity contribution >= 4 is 24.4 Å². The number of rotatable bonds is 2. The number of aryl methyl sites for hydroxylation is 1. The Morgan fingerprint density at radius 1 is 1.56 bits per heavy atom. The van der Waals surface area contributed by atoms with Crippen molar-refractivity contribution in [3.63, 3.8) is 0 Å². The molecule has 8 heteroatoms. The van der Waals surface area contributed by atoms with Crippen LogP contribution in [0.1, 0.15) is 21.7 Å².